The molecule has 1 aliphatic rings. The molecule has 1 aliphatic carbocycles. The van der Waals surface area contributed by atoms with Gasteiger partial charge in [0.1, 0.15) is 0 Å². The van der Waals surface area contributed by atoms with E-state index in [4.69, 9.17) is 5.73 Å². The van der Waals surface area contributed by atoms with Gasteiger partial charge in [0, 0.05) is 11.9 Å². The molecule has 7 nitrogen and oxygen atoms in total. The number of hydrogen-bond donors (Lipinski definition) is 2. The topological polar surface area (TPSA) is 98.7 Å². The lowest BCUT2D eigenvalue weighted by Gasteiger charge is -2.26. The first-order valence-corrected chi connectivity index (χ1v) is 8.68. The molecule has 0 fully saturated rings. The fourth-order valence-corrected chi connectivity index (χ4v) is 3.35. The van der Waals surface area contributed by atoms with Crippen molar-refractivity contribution >= 4 is 11.6 Å². The first kappa shape index (κ1) is 16.3. The molecule has 3 N–H and O–H groups in total. The second kappa shape index (κ2) is 6.95. The van der Waals surface area contributed by atoms with Gasteiger partial charge < -0.3 is 11.1 Å². The highest BCUT2D eigenvalue weighted by atomic mass is 16.2. The molecule has 7 heteroatoms. The average molecular weight is 348 g/mol. The largest absolute Gasteiger partial charge is 0.399 e. The first-order chi connectivity index (χ1) is 12.7. The Labute approximate surface area is 151 Å². The number of nitrogens with two attached hydrogens (primary N) is 1. The van der Waals surface area contributed by atoms with Crippen LogP contribution in [-0.4, -0.2) is 25.9 Å². The summed E-state index contributed by atoms with van der Waals surface area (Å²) in [6.07, 6.45) is 6.30. The Bertz CT molecular complexity index is 921. The minimum atomic E-state index is -0.216. The van der Waals surface area contributed by atoms with Crippen LogP contribution in [0.5, 0.6) is 0 Å². The second-order valence-electron chi connectivity index (χ2n) is 6.50. The van der Waals surface area contributed by atoms with Crippen molar-refractivity contribution in [2.45, 2.75) is 31.8 Å². The predicted molar refractivity (Wildman–Crippen MR) is 97.4 cm³/mol. The summed E-state index contributed by atoms with van der Waals surface area (Å²) in [5.41, 5.74) is 10.1. The number of benzene rings is 1. The summed E-state index contributed by atoms with van der Waals surface area (Å²) in [6.45, 7) is 0.479. The number of carbonyl (C=O) groups excluding carboxylic acids is 1. The van der Waals surface area contributed by atoms with Crippen LogP contribution in [0, 0.1) is 0 Å². The number of nitrogens with zero attached hydrogens (tertiary/aromatic N) is 4. The van der Waals surface area contributed by atoms with Gasteiger partial charge in [-0.15, -0.1) is 5.10 Å². The number of aryl methyl sites for hydroxylation is 1. The molecule has 2 heterocycles. The molecule has 0 saturated carbocycles. The van der Waals surface area contributed by atoms with Crippen LogP contribution in [0.25, 0.3) is 0 Å². The molecular weight excluding hydrogens is 328 g/mol. The fourth-order valence-electron chi connectivity index (χ4n) is 3.35. The third-order valence-corrected chi connectivity index (χ3v) is 4.61. The molecule has 3 aromatic rings. The lowest BCUT2D eigenvalue weighted by molar-refractivity contribution is 0.0927. The van der Waals surface area contributed by atoms with Crippen LogP contribution in [-0.2, 0) is 13.0 Å². The number of carbonyl (C=O) groups is 1. The van der Waals surface area contributed by atoms with E-state index in [2.05, 4.69) is 20.6 Å². The number of hydrogen-bond acceptors (Lipinski definition) is 5. The number of amides is 1. The molecule has 0 bridgehead atoms. The second-order valence-corrected chi connectivity index (χ2v) is 6.50. The van der Waals surface area contributed by atoms with Gasteiger partial charge in [-0.25, -0.2) is 4.68 Å². The van der Waals surface area contributed by atoms with Crippen molar-refractivity contribution in [1.29, 1.82) is 0 Å². The molecule has 0 radical (unpaired) electrons. The summed E-state index contributed by atoms with van der Waals surface area (Å²) >= 11 is 0. The Balaban J connectivity index is 1.46. The summed E-state index contributed by atoms with van der Waals surface area (Å²) in [7, 11) is 0. The molecule has 2 aromatic heterocycles. The minimum Gasteiger partial charge on any atom is -0.399 e. The Hall–Kier alpha value is -3.22. The highest BCUT2D eigenvalue weighted by molar-refractivity contribution is 5.92. The molecule has 1 amide bonds. The van der Waals surface area contributed by atoms with Crippen LogP contribution < -0.4 is 11.1 Å². The molecule has 1 unspecified atom stereocenters. The highest BCUT2D eigenvalue weighted by Crippen LogP contribution is 2.31. The number of fused-ring (bicyclic) bond motifs is 1. The lowest BCUT2D eigenvalue weighted by Crippen LogP contribution is -2.31. The standard InChI is InChI=1S/C19H20N6O/c20-14-7-8-16-13(10-14)4-3-6-17(16)22-19(26)18-12-25(24-23-18)11-15-5-1-2-9-21-15/h1-2,5,7-10,12,17H,3-4,6,11,20H2,(H,22,26). The fraction of sp³-hybridized carbons (Fsp3) is 0.263. The van der Waals surface area contributed by atoms with E-state index < -0.39 is 0 Å². The molecule has 4 rings (SSSR count). The van der Waals surface area contributed by atoms with Crippen molar-refractivity contribution in [1.82, 2.24) is 25.3 Å². The molecule has 132 valence electrons. The van der Waals surface area contributed by atoms with Crippen LogP contribution in [0.2, 0.25) is 0 Å². The quantitative estimate of drug-likeness (QED) is 0.704. The van der Waals surface area contributed by atoms with Crippen LogP contribution in [0.15, 0.2) is 48.8 Å². The van der Waals surface area contributed by atoms with Crippen molar-refractivity contribution in [3.8, 4) is 0 Å². The molecule has 0 aliphatic heterocycles. The van der Waals surface area contributed by atoms with Crippen LogP contribution in [0.1, 0.15) is 46.2 Å². The average Bonchev–Trinajstić information content (AvgIpc) is 3.11. The van der Waals surface area contributed by atoms with Gasteiger partial charge in [-0.3, -0.25) is 9.78 Å². The van der Waals surface area contributed by atoms with Crippen molar-refractivity contribution in [2.24, 2.45) is 0 Å². The lowest BCUT2D eigenvalue weighted by atomic mass is 9.87. The SMILES string of the molecule is Nc1ccc2c(c1)CCCC2NC(=O)c1cn(Cc2ccccn2)nn1. The monoisotopic (exact) mass is 348 g/mol. The molecule has 0 spiro atoms. The highest BCUT2D eigenvalue weighted by Gasteiger charge is 2.23. The summed E-state index contributed by atoms with van der Waals surface area (Å²) < 4.78 is 1.62. The van der Waals surface area contributed by atoms with E-state index in [0.717, 1.165) is 36.2 Å². The van der Waals surface area contributed by atoms with Gasteiger partial charge in [-0.2, -0.15) is 0 Å². The Morgan fingerprint density at radius 3 is 3.08 bits per heavy atom. The van der Waals surface area contributed by atoms with Gasteiger partial charge in [-0.05, 0) is 54.7 Å². The van der Waals surface area contributed by atoms with Gasteiger partial charge in [0.2, 0.25) is 0 Å². The third-order valence-electron chi connectivity index (χ3n) is 4.61. The smallest absolute Gasteiger partial charge is 0.273 e. The van der Waals surface area contributed by atoms with Gasteiger partial charge in [0.05, 0.1) is 24.5 Å². The van der Waals surface area contributed by atoms with Crippen molar-refractivity contribution < 1.29 is 4.79 Å². The first-order valence-electron chi connectivity index (χ1n) is 8.68. The summed E-state index contributed by atoms with van der Waals surface area (Å²) in [5, 5.41) is 11.1. The Morgan fingerprint density at radius 2 is 2.23 bits per heavy atom. The maximum atomic E-state index is 12.6. The van der Waals surface area contributed by atoms with Crippen molar-refractivity contribution in [2.75, 3.05) is 5.73 Å². The summed E-state index contributed by atoms with van der Waals surface area (Å²) in [6, 6.07) is 11.6. The van der Waals surface area contributed by atoms with Crippen LogP contribution >= 0.6 is 0 Å². The Kier molecular flexibility index (Phi) is 4.35. The number of rotatable bonds is 4. The molecule has 26 heavy (non-hydrogen) atoms. The zero-order valence-electron chi connectivity index (χ0n) is 14.3. The maximum absolute atomic E-state index is 12.6. The van der Waals surface area contributed by atoms with Gasteiger partial charge >= 0.3 is 0 Å². The van der Waals surface area contributed by atoms with E-state index in [1.165, 1.54) is 5.56 Å². The molecule has 1 atom stereocenters. The molecule has 0 saturated heterocycles. The van der Waals surface area contributed by atoms with Gasteiger partial charge in [0.25, 0.3) is 5.91 Å². The van der Waals surface area contributed by atoms with E-state index in [9.17, 15) is 4.79 Å². The Morgan fingerprint density at radius 1 is 1.31 bits per heavy atom. The minimum absolute atomic E-state index is 0.0206. The predicted octanol–water partition coefficient (Wildman–Crippen LogP) is 2.11. The molecule has 1 aromatic carbocycles. The third kappa shape index (κ3) is 3.42. The van der Waals surface area contributed by atoms with Crippen LogP contribution in [0.3, 0.4) is 0 Å². The van der Waals surface area contributed by atoms with E-state index in [0.29, 0.717) is 12.2 Å². The zero-order valence-corrected chi connectivity index (χ0v) is 14.3. The maximum Gasteiger partial charge on any atom is 0.273 e. The van der Waals surface area contributed by atoms with Crippen molar-refractivity contribution in [3.63, 3.8) is 0 Å². The van der Waals surface area contributed by atoms with E-state index in [1.807, 2.05) is 36.4 Å². The van der Waals surface area contributed by atoms with Crippen LogP contribution in [0.4, 0.5) is 5.69 Å². The normalized spacial score (nSPS) is 16.1. The zero-order chi connectivity index (χ0) is 17.9. The number of pyridine rings is 1. The van der Waals surface area contributed by atoms with Gasteiger partial charge in [-0.1, -0.05) is 17.3 Å². The van der Waals surface area contributed by atoms with E-state index in [1.54, 1.807) is 17.1 Å². The molecular formula is C19H20N6O. The van der Waals surface area contributed by atoms with Crippen molar-refractivity contribution in [3.05, 3.63) is 71.3 Å². The van der Waals surface area contributed by atoms with Gasteiger partial charge in [0.15, 0.2) is 5.69 Å². The summed E-state index contributed by atoms with van der Waals surface area (Å²) in [5.74, 6) is -0.216. The number of nitrogens with one attached hydrogen (secondary N) is 1. The summed E-state index contributed by atoms with van der Waals surface area (Å²) in [4.78, 5) is 16.8. The number of nitrogen functional groups attached to an aromatic ring is 1. The number of aromatic nitrogens is 4. The number of anilines is 1. The van der Waals surface area contributed by atoms with E-state index in [-0.39, 0.29) is 11.9 Å². The van der Waals surface area contributed by atoms with E-state index >= 15 is 0 Å².